The van der Waals surface area contributed by atoms with Gasteiger partial charge in [-0.3, -0.25) is 19.3 Å². The smallest absolute Gasteiger partial charge is 0.246 e. The molecule has 0 unspecified atom stereocenters. The minimum atomic E-state index is -0.394. The normalized spacial score (nSPS) is 12.5. The van der Waals surface area contributed by atoms with Crippen molar-refractivity contribution < 1.29 is 19.1 Å². The van der Waals surface area contributed by atoms with Crippen LogP contribution < -0.4 is 19.9 Å². The Hall–Kier alpha value is -4.47. The number of ether oxygens (including phenoxy) is 1. The molecule has 1 N–H and O–H groups in total. The van der Waals surface area contributed by atoms with E-state index in [1.807, 2.05) is 63.2 Å². The van der Waals surface area contributed by atoms with Gasteiger partial charge in [-0.15, -0.1) is 24.8 Å². The Morgan fingerprint density at radius 2 is 1.84 bits per heavy atom. The summed E-state index contributed by atoms with van der Waals surface area (Å²) in [6.45, 7) is 6.78. The molecule has 1 aliphatic rings. The van der Waals surface area contributed by atoms with Gasteiger partial charge in [0.25, 0.3) is 0 Å². The number of nitrogens with zero attached hydrogens (tertiary/aromatic N) is 4. The lowest BCUT2D eigenvalue weighted by molar-refractivity contribution is -0.122. The number of rotatable bonds is 9. The van der Waals surface area contributed by atoms with Gasteiger partial charge in [-0.1, -0.05) is 24.3 Å². The van der Waals surface area contributed by atoms with E-state index in [0.717, 1.165) is 45.4 Å². The molecule has 2 aromatic heterocycles. The number of aromatic nitrogens is 2. The van der Waals surface area contributed by atoms with Gasteiger partial charge in [0.1, 0.15) is 23.7 Å². The maximum Gasteiger partial charge on any atom is 0.246 e. The van der Waals surface area contributed by atoms with Crippen LogP contribution in [-0.2, 0) is 21.0 Å². The van der Waals surface area contributed by atoms with Crippen molar-refractivity contribution in [1.82, 2.24) is 15.3 Å². The summed E-state index contributed by atoms with van der Waals surface area (Å²) >= 11 is 0. The van der Waals surface area contributed by atoms with Crippen LogP contribution in [0.25, 0.3) is 17.0 Å². The number of aryl methyl sites for hydroxylation is 2. The first-order valence-corrected chi connectivity index (χ1v) is 14.3. The van der Waals surface area contributed by atoms with Crippen LogP contribution in [0.5, 0.6) is 5.75 Å². The van der Waals surface area contributed by atoms with Crippen molar-refractivity contribution in [2.75, 3.05) is 29.9 Å². The molecule has 9 nitrogen and oxygen atoms in total. The van der Waals surface area contributed by atoms with Crippen molar-refractivity contribution in [3.63, 3.8) is 0 Å². The fraction of sp³-hybridized carbons (Fsp3) is 0.265. The van der Waals surface area contributed by atoms with Crippen molar-refractivity contribution >= 4 is 71.0 Å². The maximum atomic E-state index is 13.0. The number of benzene rings is 2. The quantitative estimate of drug-likeness (QED) is 0.227. The largest absolute Gasteiger partial charge is 0.487 e. The molecule has 3 heterocycles. The van der Waals surface area contributed by atoms with Gasteiger partial charge in [0.05, 0.1) is 6.54 Å². The summed E-state index contributed by atoms with van der Waals surface area (Å²) in [5, 5.41) is 3.67. The van der Waals surface area contributed by atoms with Gasteiger partial charge < -0.3 is 15.0 Å². The van der Waals surface area contributed by atoms with Crippen molar-refractivity contribution in [3.05, 3.63) is 94.8 Å². The Kier molecular flexibility index (Phi) is 12.1. The molecule has 0 spiro atoms. The molecule has 1 aliphatic heterocycles. The second-order valence-corrected chi connectivity index (χ2v) is 10.7. The number of nitrogens with one attached hydrogen (secondary N) is 1. The first kappa shape index (κ1) is 35.0. The van der Waals surface area contributed by atoms with Gasteiger partial charge in [-0.05, 0) is 85.9 Å². The first-order chi connectivity index (χ1) is 20.7. The molecule has 1 saturated heterocycles. The summed E-state index contributed by atoms with van der Waals surface area (Å²) in [5.41, 5.74) is 6.17. The summed E-state index contributed by atoms with van der Waals surface area (Å²) < 4.78 is 6.24. The third-order valence-electron chi connectivity index (χ3n) is 7.70. The van der Waals surface area contributed by atoms with Crippen molar-refractivity contribution in [2.24, 2.45) is 0 Å². The summed E-state index contributed by atoms with van der Waals surface area (Å²) in [7, 11) is 1.70. The molecule has 4 aromatic rings. The van der Waals surface area contributed by atoms with Crippen LogP contribution in [0, 0.1) is 20.8 Å². The van der Waals surface area contributed by atoms with Crippen LogP contribution in [0.15, 0.2) is 66.9 Å². The number of likely N-dealkylation sites (N-methyl/N-ethyl adjacent to an activating group) is 1. The number of amides is 3. The SMILES string of the molecule is Cc1ccc2cccc(OCc3c(C)ccc(N(C)C(=O)CNC(=O)/C=C/c4ccc(N5CCCC5=O)nc4)c3C)c2n1.Cl.Cl. The number of anilines is 2. The highest BCUT2D eigenvalue weighted by molar-refractivity contribution is 5.99. The van der Waals surface area contributed by atoms with E-state index >= 15 is 0 Å². The van der Waals surface area contributed by atoms with E-state index in [9.17, 15) is 14.4 Å². The Labute approximate surface area is 275 Å². The van der Waals surface area contributed by atoms with Crippen molar-refractivity contribution in [2.45, 2.75) is 40.2 Å². The fourth-order valence-corrected chi connectivity index (χ4v) is 5.14. The van der Waals surface area contributed by atoms with Crippen molar-refractivity contribution in [3.8, 4) is 5.75 Å². The van der Waals surface area contributed by atoms with E-state index in [0.29, 0.717) is 36.7 Å². The highest BCUT2D eigenvalue weighted by atomic mass is 35.5. The topological polar surface area (TPSA) is 105 Å². The van der Waals surface area contributed by atoms with Gasteiger partial charge in [-0.2, -0.15) is 0 Å². The van der Waals surface area contributed by atoms with Crippen LogP contribution in [-0.4, -0.2) is 47.8 Å². The summed E-state index contributed by atoms with van der Waals surface area (Å²) in [6.07, 6.45) is 5.97. The van der Waals surface area contributed by atoms with Crippen LogP contribution >= 0.6 is 24.8 Å². The molecule has 45 heavy (non-hydrogen) atoms. The zero-order valence-electron chi connectivity index (χ0n) is 25.7. The number of fused-ring (bicyclic) bond motifs is 1. The second-order valence-electron chi connectivity index (χ2n) is 10.7. The lowest BCUT2D eigenvalue weighted by atomic mass is 10.0. The maximum absolute atomic E-state index is 13.0. The third kappa shape index (κ3) is 8.17. The Morgan fingerprint density at radius 3 is 2.56 bits per heavy atom. The molecular weight excluding hydrogens is 613 g/mol. The van der Waals surface area contributed by atoms with Crippen molar-refractivity contribution in [1.29, 1.82) is 0 Å². The van der Waals surface area contributed by atoms with Crippen LogP contribution in [0.3, 0.4) is 0 Å². The van der Waals surface area contributed by atoms with Crippen LogP contribution in [0.4, 0.5) is 11.5 Å². The third-order valence-corrected chi connectivity index (χ3v) is 7.70. The highest BCUT2D eigenvalue weighted by Gasteiger charge is 2.22. The summed E-state index contributed by atoms with van der Waals surface area (Å²) in [6, 6.07) is 17.3. The number of halogens is 2. The van der Waals surface area contributed by atoms with Gasteiger partial charge in [0, 0.05) is 49.1 Å². The Morgan fingerprint density at radius 1 is 1.04 bits per heavy atom. The molecule has 11 heteroatoms. The molecule has 0 atom stereocenters. The molecule has 0 radical (unpaired) electrons. The molecule has 236 valence electrons. The predicted molar refractivity (Wildman–Crippen MR) is 183 cm³/mol. The van der Waals surface area contributed by atoms with Gasteiger partial charge in [0.2, 0.25) is 17.7 Å². The average molecular weight is 651 g/mol. The standard InChI is InChI=1S/C34H35N5O4.2ClH/c1-22-10-15-28(24(3)27(22)21-43-29-8-5-7-26-14-11-23(2)37-34(26)29)38(4)33(42)20-36-31(40)17-13-25-12-16-30(35-19-25)39-18-6-9-32(39)41;;/h5,7-8,10-17,19H,6,9,18,20-21H2,1-4H3,(H,36,40);2*1H/b17-13+;;. The molecule has 0 saturated carbocycles. The zero-order chi connectivity index (χ0) is 30.5. The zero-order valence-corrected chi connectivity index (χ0v) is 27.3. The fourth-order valence-electron chi connectivity index (χ4n) is 5.14. The van der Waals surface area contributed by atoms with E-state index in [-0.39, 0.29) is 43.2 Å². The minimum absolute atomic E-state index is 0. The molecule has 3 amide bonds. The van der Waals surface area contributed by atoms with Gasteiger partial charge in [0.15, 0.2) is 0 Å². The van der Waals surface area contributed by atoms with E-state index in [4.69, 9.17) is 4.74 Å². The van der Waals surface area contributed by atoms with E-state index in [1.165, 1.54) is 6.08 Å². The highest BCUT2D eigenvalue weighted by Crippen LogP contribution is 2.29. The number of carbonyl (C=O) groups excluding carboxylic acids is 3. The van der Waals surface area contributed by atoms with Gasteiger partial charge >= 0.3 is 0 Å². The minimum Gasteiger partial charge on any atom is -0.487 e. The Bertz CT molecular complexity index is 1730. The molecular formula is C34H37Cl2N5O4. The molecule has 0 aliphatic carbocycles. The number of para-hydroxylation sites is 1. The second kappa shape index (κ2) is 15.5. The predicted octanol–water partition coefficient (Wildman–Crippen LogP) is 5.90. The lowest BCUT2D eigenvalue weighted by Gasteiger charge is -2.23. The first-order valence-electron chi connectivity index (χ1n) is 14.3. The Balaban J connectivity index is 0.00000276. The number of carbonyl (C=O) groups is 3. The van der Waals surface area contributed by atoms with E-state index < -0.39 is 5.91 Å². The van der Waals surface area contributed by atoms with Gasteiger partial charge in [-0.25, -0.2) is 9.97 Å². The lowest BCUT2D eigenvalue weighted by Crippen LogP contribution is -2.38. The molecule has 0 bridgehead atoms. The van der Waals surface area contributed by atoms with E-state index in [2.05, 4.69) is 15.3 Å². The monoisotopic (exact) mass is 649 g/mol. The average Bonchev–Trinajstić information content (AvgIpc) is 3.44. The molecule has 2 aromatic carbocycles. The van der Waals surface area contributed by atoms with E-state index in [1.54, 1.807) is 41.3 Å². The number of pyridine rings is 2. The number of hydrogen-bond donors (Lipinski definition) is 1. The summed E-state index contributed by atoms with van der Waals surface area (Å²) in [5.74, 6) is 0.743. The summed E-state index contributed by atoms with van der Waals surface area (Å²) in [4.78, 5) is 49.6. The molecule has 5 rings (SSSR count). The molecule has 1 fully saturated rings. The van der Waals surface area contributed by atoms with Crippen LogP contribution in [0.2, 0.25) is 0 Å². The number of hydrogen-bond acceptors (Lipinski definition) is 6. The van der Waals surface area contributed by atoms with Crippen LogP contribution in [0.1, 0.15) is 40.8 Å².